The van der Waals surface area contributed by atoms with E-state index in [1.807, 2.05) is 38.1 Å². The van der Waals surface area contributed by atoms with E-state index < -0.39 is 6.04 Å². The number of rotatable bonds is 6. The van der Waals surface area contributed by atoms with Crippen LogP contribution in [0.2, 0.25) is 0 Å². The molecular formula is C20H23N3O4. The van der Waals surface area contributed by atoms with Gasteiger partial charge in [0.2, 0.25) is 11.6 Å². The van der Waals surface area contributed by atoms with Crippen LogP contribution >= 0.6 is 0 Å². The SMILES string of the molecule is CC[C@H](C(=O)NCc1cccc(OC)c1)n1cnc2oc(C)c(C)c2c1=O. The molecule has 0 saturated heterocycles. The first kappa shape index (κ1) is 18.7. The normalized spacial score (nSPS) is 12.1. The molecule has 2 aromatic heterocycles. The van der Waals surface area contributed by atoms with Crippen LogP contribution in [0.1, 0.15) is 36.3 Å². The van der Waals surface area contributed by atoms with Crippen LogP contribution in [0.3, 0.4) is 0 Å². The summed E-state index contributed by atoms with van der Waals surface area (Å²) >= 11 is 0. The van der Waals surface area contributed by atoms with Gasteiger partial charge in [0.05, 0.1) is 7.11 Å². The van der Waals surface area contributed by atoms with Gasteiger partial charge in [0.1, 0.15) is 29.3 Å². The Balaban J connectivity index is 1.85. The van der Waals surface area contributed by atoms with Crippen LogP contribution in [0.25, 0.3) is 11.1 Å². The summed E-state index contributed by atoms with van der Waals surface area (Å²) in [4.78, 5) is 29.8. The maximum absolute atomic E-state index is 12.9. The van der Waals surface area contributed by atoms with Crippen LogP contribution in [0.15, 0.2) is 39.8 Å². The molecule has 1 N–H and O–H groups in total. The maximum atomic E-state index is 12.9. The quantitative estimate of drug-likeness (QED) is 0.722. The summed E-state index contributed by atoms with van der Waals surface area (Å²) in [6.07, 6.45) is 1.85. The smallest absolute Gasteiger partial charge is 0.265 e. The maximum Gasteiger partial charge on any atom is 0.265 e. The fourth-order valence-electron chi connectivity index (χ4n) is 3.07. The zero-order valence-electron chi connectivity index (χ0n) is 15.9. The van der Waals surface area contributed by atoms with Crippen molar-refractivity contribution in [3.63, 3.8) is 0 Å². The molecule has 142 valence electrons. The molecule has 3 aromatic rings. The molecule has 2 heterocycles. The van der Waals surface area contributed by atoms with Gasteiger partial charge < -0.3 is 14.5 Å². The molecule has 7 nitrogen and oxygen atoms in total. The summed E-state index contributed by atoms with van der Waals surface area (Å²) in [6.45, 7) is 5.82. The number of furan rings is 1. The van der Waals surface area contributed by atoms with E-state index in [4.69, 9.17) is 9.15 Å². The molecular weight excluding hydrogens is 346 g/mol. The molecule has 0 fully saturated rings. The minimum Gasteiger partial charge on any atom is -0.497 e. The van der Waals surface area contributed by atoms with Crippen molar-refractivity contribution in [3.05, 3.63) is 57.8 Å². The highest BCUT2D eigenvalue weighted by atomic mass is 16.5. The van der Waals surface area contributed by atoms with Crippen molar-refractivity contribution in [3.8, 4) is 5.75 Å². The topological polar surface area (TPSA) is 86.4 Å². The van der Waals surface area contributed by atoms with E-state index in [0.717, 1.165) is 16.9 Å². The van der Waals surface area contributed by atoms with E-state index in [1.165, 1.54) is 10.9 Å². The molecule has 0 bridgehead atoms. The zero-order chi connectivity index (χ0) is 19.6. The Bertz CT molecular complexity index is 1040. The third kappa shape index (κ3) is 3.58. The Kier molecular flexibility index (Phi) is 5.30. The van der Waals surface area contributed by atoms with Crippen LogP contribution in [-0.4, -0.2) is 22.6 Å². The molecule has 7 heteroatoms. The summed E-state index contributed by atoms with van der Waals surface area (Å²) in [5, 5.41) is 3.31. The monoisotopic (exact) mass is 369 g/mol. The number of benzene rings is 1. The van der Waals surface area contributed by atoms with Crippen LogP contribution in [0, 0.1) is 13.8 Å². The van der Waals surface area contributed by atoms with Gasteiger partial charge in [0, 0.05) is 12.1 Å². The van der Waals surface area contributed by atoms with Gasteiger partial charge in [-0.15, -0.1) is 0 Å². The number of methoxy groups -OCH3 is 1. The minimum atomic E-state index is -0.644. The Morgan fingerprint density at radius 1 is 1.37 bits per heavy atom. The second kappa shape index (κ2) is 7.65. The molecule has 3 rings (SSSR count). The number of carbonyl (C=O) groups excluding carboxylic acids is 1. The number of aromatic nitrogens is 2. The number of fused-ring (bicyclic) bond motifs is 1. The second-order valence-electron chi connectivity index (χ2n) is 6.41. The minimum absolute atomic E-state index is 0.235. The third-order valence-electron chi connectivity index (χ3n) is 4.74. The first-order chi connectivity index (χ1) is 13.0. The largest absolute Gasteiger partial charge is 0.497 e. The number of ether oxygens (including phenoxy) is 1. The van der Waals surface area contributed by atoms with Crippen molar-refractivity contribution in [2.45, 2.75) is 39.8 Å². The number of aryl methyl sites for hydroxylation is 2. The summed E-state index contributed by atoms with van der Waals surface area (Å²) in [5.41, 5.74) is 1.71. The summed E-state index contributed by atoms with van der Waals surface area (Å²) in [6, 6.07) is 6.83. The molecule has 1 atom stereocenters. The number of hydrogen-bond acceptors (Lipinski definition) is 5. The van der Waals surface area contributed by atoms with Crippen LogP contribution in [0.5, 0.6) is 5.75 Å². The number of nitrogens with zero attached hydrogens (tertiary/aromatic N) is 2. The van der Waals surface area contributed by atoms with E-state index in [9.17, 15) is 9.59 Å². The van der Waals surface area contributed by atoms with Gasteiger partial charge in [0.25, 0.3) is 5.56 Å². The fourth-order valence-corrected chi connectivity index (χ4v) is 3.07. The second-order valence-corrected chi connectivity index (χ2v) is 6.41. The predicted molar refractivity (Wildman–Crippen MR) is 102 cm³/mol. The van der Waals surface area contributed by atoms with Crippen molar-refractivity contribution >= 4 is 17.0 Å². The molecule has 0 saturated carbocycles. The fraction of sp³-hybridized carbons (Fsp3) is 0.350. The molecule has 0 radical (unpaired) electrons. The van der Waals surface area contributed by atoms with Crippen molar-refractivity contribution in [1.29, 1.82) is 0 Å². The highest BCUT2D eigenvalue weighted by molar-refractivity contribution is 5.81. The molecule has 0 aliphatic heterocycles. The van der Waals surface area contributed by atoms with E-state index in [1.54, 1.807) is 14.0 Å². The van der Waals surface area contributed by atoms with E-state index in [0.29, 0.717) is 29.8 Å². The first-order valence-corrected chi connectivity index (χ1v) is 8.83. The number of amides is 1. The van der Waals surface area contributed by atoms with Crippen molar-refractivity contribution in [2.75, 3.05) is 7.11 Å². The average Bonchev–Trinajstić information content (AvgIpc) is 2.97. The highest BCUT2D eigenvalue weighted by Crippen LogP contribution is 2.20. The molecule has 27 heavy (non-hydrogen) atoms. The summed E-state index contributed by atoms with van der Waals surface area (Å²) in [5.74, 6) is 1.15. The number of hydrogen-bond donors (Lipinski definition) is 1. The lowest BCUT2D eigenvalue weighted by molar-refractivity contribution is -0.124. The molecule has 0 unspecified atom stereocenters. The van der Waals surface area contributed by atoms with Gasteiger partial charge >= 0.3 is 0 Å². The van der Waals surface area contributed by atoms with E-state index in [-0.39, 0.29) is 11.5 Å². The lowest BCUT2D eigenvalue weighted by atomic mass is 10.1. The molecule has 0 spiro atoms. The first-order valence-electron chi connectivity index (χ1n) is 8.83. The standard InChI is InChI=1S/C20H23N3O4/c1-5-16(18(24)21-10-14-7-6-8-15(9-14)26-4)23-11-22-19-17(20(23)25)12(2)13(3)27-19/h6-9,11,16H,5,10H2,1-4H3,(H,21,24)/t16-/m1/s1. The van der Waals surface area contributed by atoms with Gasteiger partial charge in [-0.3, -0.25) is 14.2 Å². The highest BCUT2D eigenvalue weighted by Gasteiger charge is 2.22. The Morgan fingerprint density at radius 2 is 2.15 bits per heavy atom. The zero-order valence-corrected chi connectivity index (χ0v) is 15.9. The Hall–Kier alpha value is -3.09. The van der Waals surface area contributed by atoms with E-state index >= 15 is 0 Å². The molecule has 0 aliphatic rings. The molecule has 1 amide bonds. The van der Waals surface area contributed by atoms with E-state index in [2.05, 4.69) is 10.3 Å². The number of nitrogens with one attached hydrogen (secondary N) is 1. The van der Waals surface area contributed by atoms with Crippen molar-refractivity contribution < 1.29 is 13.9 Å². The summed E-state index contributed by atoms with van der Waals surface area (Å²) in [7, 11) is 1.60. The average molecular weight is 369 g/mol. The molecule has 0 aliphatic carbocycles. The van der Waals surface area contributed by atoms with Gasteiger partial charge in [-0.05, 0) is 38.0 Å². The lowest BCUT2D eigenvalue weighted by Gasteiger charge is -2.17. The van der Waals surface area contributed by atoms with Crippen LogP contribution in [-0.2, 0) is 11.3 Å². The third-order valence-corrected chi connectivity index (χ3v) is 4.74. The lowest BCUT2D eigenvalue weighted by Crippen LogP contribution is -2.36. The predicted octanol–water partition coefficient (Wildman–Crippen LogP) is 2.88. The Labute approximate surface area is 157 Å². The van der Waals surface area contributed by atoms with Crippen LogP contribution in [0.4, 0.5) is 0 Å². The van der Waals surface area contributed by atoms with Crippen molar-refractivity contribution in [2.24, 2.45) is 0 Å². The summed E-state index contributed by atoms with van der Waals surface area (Å²) < 4.78 is 12.1. The number of carbonyl (C=O) groups is 1. The van der Waals surface area contributed by atoms with Gasteiger partial charge in [-0.1, -0.05) is 19.1 Å². The van der Waals surface area contributed by atoms with Gasteiger partial charge in [-0.25, -0.2) is 4.98 Å². The van der Waals surface area contributed by atoms with Gasteiger partial charge in [-0.2, -0.15) is 0 Å². The Morgan fingerprint density at radius 3 is 2.85 bits per heavy atom. The van der Waals surface area contributed by atoms with Gasteiger partial charge in [0.15, 0.2) is 0 Å². The molecule has 1 aromatic carbocycles. The van der Waals surface area contributed by atoms with Crippen LogP contribution < -0.4 is 15.6 Å². The van der Waals surface area contributed by atoms with Crippen molar-refractivity contribution in [1.82, 2.24) is 14.9 Å².